The van der Waals surface area contributed by atoms with Crippen molar-refractivity contribution in [3.63, 3.8) is 0 Å². The van der Waals surface area contributed by atoms with E-state index in [0.717, 1.165) is 0 Å². The second kappa shape index (κ2) is 7.78. The lowest BCUT2D eigenvalue weighted by Gasteiger charge is -2.05. The fourth-order valence-electron chi connectivity index (χ4n) is 1.46. The number of nitrogens with two attached hydrogens (primary N) is 1. The van der Waals surface area contributed by atoms with Crippen molar-refractivity contribution in [2.75, 3.05) is 5.32 Å². The zero-order valence-corrected chi connectivity index (χ0v) is 12.0. The Labute approximate surface area is 122 Å². The summed E-state index contributed by atoms with van der Waals surface area (Å²) in [7, 11) is 0. The number of primary amides is 1. The van der Waals surface area contributed by atoms with Gasteiger partial charge in [0.15, 0.2) is 0 Å². The van der Waals surface area contributed by atoms with Crippen LogP contribution in [0.3, 0.4) is 0 Å². The molecule has 0 saturated carbocycles. The van der Waals surface area contributed by atoms with E-state index < -0.39 is 11.8 Å². The molecule has 7 heteroatoms. The molecule has 21 heavy (non-hydrogen) atoms. The average Bonchev–Trinajstić information content (AvgIpc) is 2.44. The fraction of sp³-hybridized carbons (Fsp3) is 0.286. The minimum Gasteiger partial charge on any atom is -0.369 e. The van der Waals surface area contributed by atoms with Crippen LogP contribution in [0.25, 0.3) is 0 Å². The first-order valence-corrected chi connectivity index (χ1v) is 6.44. The molecular weight excluding hydrogens is 272 g/mol. The van der Waals surface area contributed by atoms with Gasteiger partial charge in [-0.15, -0.1) is 0 Å². The van der Waals surface area contributed by atoms with Crippen molar-refractivity contribution in [2.24, 2.45) is 10.8 Å². The summed E-state index contributed by atoms with van der Waals surface area (Å²) in [5, 5.41) is 6.45. The van der Waals surface area contributed by atoms with Gasteiger partial charge in [0.2, 0.25) is 11.8 Å². The summed E-state index contributed by atoms with van der Waals surface area (Å²) in [4.78, 5) is 33.7. The van der Waals surface area contributed by atoms with Crippen LogP contribution < -0.4 is 16.5 Å². The minimum absolute atomic E-state index is 0.0116. The Morgan fingerprint density at radius 2 is 1.81 bits per heavy atom. The molecule has 0 fully saturated rings. The van der Waals surface area contributed by atoms with Gasteiger partial charge in [-0.3, -0.25) is 14.4 Å². The predicted molar refractivity (Wildman–Crippen MR) is 79.7 cm³/mol. The Morgan fingerprint density at radius 1 is 1.19 bits per heavy atom. The van der Waals surface area contributed by atoms with Gasteiger partial charge in [0.05, 0.1) is 6.42 Å². The number of anilines is 1. The molecule has 0 aliphatic rings. The van der Waals surface area contributed by atoms with E-state index in [1.807, 2.05) is 0 Å². The molecular formula is C14H18N4O3. The quantitative estimate of drug-likeness (QED) is 0.536. The van der Waals surface area contributed by atoms with Crippen LogP contribution in [0.1, 0.15) is 37.0 Å². The summed E-state index contributed by atoms with van der Waals surface area (Å²) in [5.74, 6) is -1.02. The monoisotopic (exact) mass is 290 g/mol. The van der Waals surface area contributed by atoms with Gasteiger partial charge < -0.3 is 11.1 Å². The van der Waals surface area contributed by atoms with Crippen molar-refractivity contribution in [1.29, 1.82) is 0 Å². The van der Waals surface area contributed by atoms with Gasteiger partial charge in [-0.25, -0.2) is 5.43 Å². The third kappa shape index (κ3) is 5.85. The normalized spacial score (nSPS) is 10.9. The summed E-state index contributed by atoms with van der Waals surface area (Å²) < 4.78 is 0. The molecule has 1 aromatic rings. The van der Waals surface area contributed by atoms with Gasteiger partial charge in [0.25, 0.3) is 5.91 Å². The van der Waals surface area contributed by atoms with Crippen LogP contribution in [0.15, 0.2) is 29.4 Å². The van der Waals surface area contributed by atoms with Crippen LogP contribution in [0.2, 0.25) is 0 Å². The van der Waals surface area contributed by atoms with Crippen LogP contribution in [0.5, 0.6) is 0 Å². The zero-order chi connectivity index (χ0) is 15.8. The van der Waals surface area contributed by atoms with Gasteiger partial charge in [-0.05, 0) is 31.2 Å². The Hall–Kier alpha value is -2.70. The second-order valence-electron chi connectivity index (χ2n) is 4.41. The lowest BCUT2D eigenvalue weighted by atomic mass is 10.2. The lowest BCUT2D eigenvalue weighted by molar-refractivity contribution is -0.117. The lowest BCUT2D eigenvalue weighted by Crippen LogP contribution is -2.21. The van der Waals surface area contributed by atoms with Crippen molar-refractivity contribution in [2.45, 2.75) is 26.7 Å². The van der Waals surface area contributed by atoms with E-state index in [-0.39, 0.29) is 12.3 Å². The number of nitrogens with one attached hydrogen (secondary N) is 2. The molecule has 0 heterocycles. The Kier molecular flexibility index (Phi) is 6.06. The van der Waals surface area contributed by atoms with Crippen molar-refractivity contribution in [3.05, 3.63) is 29.8 Å². The molecule has 0 unspecified atom stereocenters. The molecule has 4 N–H and O–H groups in total. The van der Waals surface area contributed by atoms with Crippen LogP contribution in [0, 0.1) is 0 Å². The number of benzene rings is 1. The molecule has 112 valence electrons. The maximum atomic E-state index is 11.8. The Balaban J connectivity index is 2.63. The van der Waals surface area contributed by atoms with Gasteiger partial charge in [-0.2, -0.15) is 5.10 Å². The molecule has 7 nitrogen and oxygen atoms in total. The Bertz CT molecular complexity index is 564. The van der Waals surface area contributed by atoms with Crippen LogP contribution in [-0.2, 0) is 9.59 Å². The van der Waals surface area contributed by atoms with Gasteiger partial charge in [0.1, 0.15) is 0 Å². The topological polar surface area (TPSA) is 114 Å². The first-order valence-electron chi connectivity index (χ1n) is 6.44. The molecule has 0 aromatic heterocycles. The highest BCUT2D eigenvalue weighted by atomic mass is 16.2. The van der Waals surface area contributed by atoms with E-state index in [2.05, 4.69) is 15.8 Å². The number of carbonyl (C=O) groups is 3. The number of nitrogens with zero attached hydrogens (tertiary/aromatic N) is 1. The summed E-state index contributed by atoms with van der Waals surface area (Å²) in [6, 6.07) is 6.39. The van der Waals surface area contributed by atoms with Crippen molar-refractivity contribution in [3.8, 4) is 0 Å². The molecule has 3 amide bonds. The van der Waals surface area contributed by atoms with Gasteiger partial charge >= 0.3 is 0 Å². The molecule has 1 rings (SSSR count). The number of amides is 3. The molecule has 0 spiro atoms. The Morgan fingerprint density at radius 3 is 2.33 bits per heavy atom. The minimum atomic E-state index is -0.512. The molecule has 0 aliphatic heterocycles. The zero-order valence-electron chi connectivity index (χ0n) is 12.0. The summed E-state index contributed by atoms with van der Waals surface area (Å²) in [6.07, 6.45) is 0.373. The second-order valence-corrected chi connectivity index (χ2v) is 4.41. The van der Waals surface area contributed by atoms with E-state index in [0.29, 0.717) is 23.4 Å². The number of rotatable bonds is 6. The van der Waals surface area contributed by atoms with E-state index in [1.165, 1.54) is 0 Å². The molecule has 0 radical (unpaired) electrons. The van der Waals surface area contributed by atoms with E-state index >= 15 is 0 Å². The standard InChI is InChI=1S/C14H18N4O3/c1-3-13(20)16-11-6-4-10(5-7-11)14(21)18-17-9(2)8-12(15)19/h4-7H,3,8H2,1-2H3,(H2,15,19)(H,16,20)(H,18,21)/b17-9+. The van der Waals surface area contributed by atoms with Crippen molar-refractivity contribution >= 4 is 29.1 Å². The summed E-state index contributed by atoms with van der Waals surface area (Å²) >= 11 is 0. The highest BCUT2D eigenvalue weighted by Crippen LogP contribution is 2.09. The first kappa shape index (κ1) is 16.4. The fourth-order valence-corrected chi connectivity index (χ4v) is 1.46. The third-order valence-electron chi connectivity index (χ3n) is 2.53. The molecule has 0 atom stereocenters. The van der Waals surface area contributed by atoms with Crippen molar-refractivity contribution in [1.82, 2.24) is 5.43 Å². The maximum Gasteiger partial charge on any atom is 0.271 e. The van der Waals surface area contributed by atoms with Crippen LogP contribution >= 0.6 is 0 Å². The van der Waals surface area contributed by atoms with Crippen molar-refractivity contribution < 1.29 is 14.4 Å². The van der Waals surface area contributed by atoms with E-state index in [1.54, 1.807) is 38.1 Å². The number of hydrogen-bond donors (Lipinski definition) is 3. The molecule has 0 aliphatic carbocycles. The number of hydrogen-bond acceptors (Lipinski definition) is 4. The number of hydrazone groups is 1. The predicted octanol–water partition coefficient (Wildman–Crippen LogP) is 1.02. The smallest absolute Gasteiger partial charge is 0.271 e. The van der Waals surface area contributed by atoms with E-state index in [4.69, 9.17) is 5.73 Å². The maximum absolute atomic E-state index is 11.8. The van der Waals surface area contributed by atoms with Gasteiger partial charge in [-0.1, -0.05) is 6.92 Å². The third-order valence-corrected chi connectivity index (χ3v) is 2.53. The first-order chi connectivity index (χ1) is 9.92. The van der Waals surface area contributed by atoms with Crippen LogP contribution in [-0.4, -0.2) is 23.4 Å². The van der Waals surface area contributed by atoms with E-state index in [9.17, 15) is 14.4 Å². The molecule has 0 bridgehead atoms. The molecule has 0 saturated heterocycles. The largest absolute Gasteiger partial charge is 0.369 e. The van der Waals surface area contributed by atoms with Gasteiger partial charge in [0, 0.05) is 23.4 Å². The average molecular weight is 290 g/mol. The summed E-state index contributed by atoms with van der Waals surface area (Å²) in [5.41, 5.74) is 8.77. The van der Waals surface area contributed by atoms with Crippen LogP contribution in [0.4, 0.5) is 5.69 Å². The highest BCUT2D eigenvalue weighted by molar-refractivity contribution is 6.00. The molecule has 1 aromatic carbocycles. The SMILES string of the molecule is CCC(=O)Nc1ccc(C(=O)N/N=C(\C)CC(N)=O)cc1. The summed E-state index contributed by atoms with van der Waals surface area (Å²) in [6.45, 7) is 3.35. The number of carbonyl (C=O) groups excluding carboxylic acids is 3. The highest BCUT2D eigenvalue weighted by Gasteiger charge is 2.06.